The Labute approximate surface area is 185 Å². The molecular weight excluding hydrogens is 438 g/mol. The van der Waals surface area contributed by atoms with Gasteiger partial charge in [0.05, 0.1) is 20.0 Å². The highest BCUT2D eigenvalue weighted by molar-refractivity contribution is 7.98. The summed E-state index contributed by atoms with van der Waals surface area (Å²) in [5.74, 6) is 0.606. The average Bonchev–Trinajstić information content (AvgIpc) is 3.32. The number of amides is 1. The van der Waals surface area contributed by atoms with Gasteiger partial charge in [0.25, 0.3) is 11.6 Å². The highest BCUT2D eigenvalue weighted by Crippen LogP contribution is 2.29. The average molecular weight is 458 g/mol. The fraction of sp³-hybridized carbons (Fsp3) is 0.238. The number of aryl methyl sites for hydroxylation is 2. The molecule has 2 aromatic heterocycles. The molecule has 0 radical (unpaired) electrons. The van der Waals surface area contributed by atoms with E-state index in [2.05, 4.69) is 40.9 Å². The van der Waals surface area contributed by atoms with Crippen LogP contribution in [0.25, 0.3) is 20.3 Å². The van der Waals surface area contributed by atoms with Crippen molar-refractivity contribution in [3.8, 4) is 0 Å². The second-order valence-electron chi connectivity index (χ2n) is 6.69. The molecule has 0 N–H and O–H groups in total. The number of thioether (sulfide) groups is 1. The van der Waals surface area contributed by atoms with Gasteiger partial charge in [0, 0.05) is 34.5 Å². The number of rotatable bonds is 6. The summed E-state index contributed by atoms with van der Waals surface area (Å²) in [4.78, 5) is 29.1. The van der Waals surface area contributed by atoms with Gasteiger partial charge in [-0.25, -0.2) is 0 Å². The van der Waals surface area contributed by atoms with E-state index < -0.39 is 4.92 Å². The van der Waals surface area contributed by atoms with E-state index in [4.69, 9.17) is 0 Å². The number of fused-ring (bicyclic) bond motifs is 2. The maximum absolute atomic E-state index is 12.9. The number of aromatic nitrogens is 1. The number of nitrogens with zero attached hydrogens (tertiary/aromatic N) is 3. The topological polar surface area (TPSA) is 77.5 Å². The van der Waals surface area contributed by atoms with E-state index in [1.54, 1.807) is 23.9 Å². The Morgan fingerprint density at radius 2 is 2.00 bits per heavy atom. The molecular formula is C21H19N3O3S3. The van der Waals surface area contributed by atoms with Crippen LogP contribution in [0.3, 0.4) is 0 Å². The highest BCUT2D eigenvalue weighted by Gasteiger charge is 2.14. The van der Waals surface area contributed by atoms with Gasteiger partial charge >= 0.3 is 0 Å². The van der Waals surface area contributed by atoms with Crippen LogP contribution in [-0.2, 0) is 13.0 Å². The van der Waals surface area contributed by atoms with Crippen molar-refractivity contribution >= 4 is 66.3 Å². The number of benzene rings is 2. The van der Waals surface area contributed by atoms with Crippen molar-refractivity contribution < 1.29 is 9.72 Å². The molecule has 0 aliphatic carbocycles. The molecule has 0 aliphatic heterocycles. The number of non-ortho nitro benzene ring substituents is 1. The van der Waals surface area contributed by atoms with Gasteiger partial charge in [-0.2, -0.15) is 16.8 Å². The van der Waals surface area contributed by atoms with Crippen molar-refractivity contribution in [3.63, 3.8) is 0 Å². The van der Waals surface area contributed by atoms with E-state index in [0.29, 0.717) is 15.1 Å². The van der Waals surface area contributed by atoms with Crippen LogP contribution >= 0.6 is 34.4 Å². The second kappa shape index (κ2) is 8.71. The molecule has 6 nitrogen and oxygen atoms in total. The van der Waals surface area contributed by atoms with Crippen LogP contribution in [0.15, 0.2) is 47.5 Å². The summed E-state index contributed by atoms with van der Waals surface area (Å²) in [6, 6.07) is 12.7. The van der Waals surface area contributed by atoms with Crippen LogP contribution < -0.4 is 4.80 Å². The molecule has 154 valence electrons. The predicted octanol–water partition coefficient (Wildman–Crippen LogP) is 5.49. The molecule has 4 rings (SSSR count). The van der Waals surface area contributed by atoms with Crippen LogP contribution in [0.2, 0.25) is 0 Å². The Hall–Kier alpha value is -2.49. The monoisotopic (exact) mass is 457 g/mol. The molecule has 0 fully saturated rings. The quantitative estimate of drug-likeness (QED) is 0.283. The Balaban J connectivity index is 1.78. The number of hydrogen-bond donors (Lipinski definition) is 0. The first-order valence-corrected chi connectivity index (χ1v) is 12.4. The molecule has 30 heavy (non-hydrogen) atoms. The van der Waals surface area contributed by atoms with Crippen LogP contribution in [0, 0.1) is 10.1 Å². The summed E-state index contributed by atoms with van der Waals surface area (Å²) < 4.78 is 4.05. The largest absolute Gasteiger partial charge is 0.316 e. The molecule has 2 heterocycles. The third-order valence-electron chi connectivity index (χ3n) is 4.79. The van der Waals surface area contributed by atoms with E-state index in [9.17, 15) is 14.9 Å². The van der Waals surface area contributed by atoms with Crippen molar-refractivity contribution in [2.24, 2.45) is 4.99 Å². The second-order valence-corrected chi connectivity index (χ2v) is 9.77. The first-order chi connectivity index (χ1) is 14.5. The molecule has 0 spiro atoms. The molecule has 0 saturated carbocycles. The van der Waals surface area contributed by atoms with E-state index in [-0.39, 0.29) is 11.6 Å². The minimum Gasteiger partial charge on any atom is -0.316 e. The third kappa shape index (κ3) is 4.05. The minimum atomic E-state index is -0.431. The summed E-state index contributed by atoms with van der Waals surface area (Å²) in [5, 5.41) is 11.7. The van der Waals surface area contributed by atoms with Gasteiger partial charge in [-0.05, 0) is 42.5 Å². The molecule has 2 aromatic carbocycles. The van der Waals surface area contributed by atoms with Crippen molar-refractivity contribution in [1.82, 2.24) is 4.57 Å². The van der Waals surface area contributed by atoms with Crippen molar-refractivity contribution in [1.29, 1.82) is 0 Å². The van der Waals surface area contributed by atoms with E-state index in [1.807, 2.05) is 0 Å². The lowest BCUT2D eigenvalue weighted by Crippen LogP contribution is -2.18. The number of thiophene rings is 1. The Morgan fingerprint density at radius 1 is 1.17 bits per heavy atom. The van der Waals surface area contributed by atoms with Gasteiger partial charge in [-0.3, -0.25) is 14.9 Å². The van der Waals surface area contributed by atoms with Crippen molar-refractivity contribution in [2.75, 3.05) is 12.0 Å². The fourth-order valence-electron chi connectivity index (χ4n) is 3.21. The maximum atomic E-state index is 12.9. The lowest BCUT2D eigenvalue weighted by atomic mass is 10.2. The Morgan fingerprint density at radius 3 is 2.73 bits per heavy atom. The zero-order chi connectivity index (χ0) is 21.3. The first kappa shape index (κ1) is 20.8. The number of carbonyl (C=O) groups is 1. The van der Waals surface area contributed by atoms with E-state index >= 15 is 0 Å². The standard InChI is InChI=1S/C21H19N3O3S3/c1-3-13-4-6-16-18(10-13)30-21(23(16)8-9-28-2)22-20(25)19-12-14-11-15(24(26)27)5-7-17(14)29-19/h4-7,10-12H,3,8-9H2,1-2H3. The summed E-state index contributed by atoms with van der Waals surface area (Å²) >= 11 is 4.58. The van der Waals surface area contributed by atoms with Crippen molar-refractivity contribution in [2.45, 2.75) is 19.9 Å². The molecule has 0 aliphatic rings. The van der Waals surface area contributed by atoms with Gasteiger partial charge in [0.15, 0.2) is 4.80 Å². The van der Waals surface area contributed by atoms with E-state index in [0.717, 1.165) is 33.6 Å². The number of thiazole rings is 1. The van der Waals surface area contributed by atoms with Crippen LogP contribution in [0.5, 0.6) is 0 Å². The maximum Gasteiger partial charge on any atom is 0.289 e. The number of nitro benzene ring substituents is 1. The van der Waals surface area contributed by atoms with Crippen LogP contribution in [0.4, 0.5) is 5.69 Å². The summed E-state index contributed by atoms with van der Waals surface area (Å²) in [5.41, 5.74) is 2.36. The third-order valence-corrected chi connectivity index (χ3v) is 7.53. The predicted molar refractivity (Wildman–Crippen MR) is 126 cm³/mol. The molecule has 0 atom stereocenters. The van der Waals surface area contributed by atoms with Gasteiger partial charge in [0.2, 0.25) is 0 Å². The Kier molecular flexibility index (Phi) is 6.03. The number of nitro groups is 1. The first-order valence-electron chi connectivity index (χ1n) is 9.38. The number of hydrogen-bond acceptors (Lipinski definition) is 6. The van der Waals surface area contributed by atoms with Gasteiger partial charge < -0.3 is 4.57 Å². The van der Waals surface area contributed by atoms with E-state index in [1.165, 1.54) is 40.4 Å². The van der Waals surface area contributed by atoms with Crippen LogP contribution in [0.1, 0.15) is 22.2 Å². The SMILES string of the molecule is CCc1ccc2c(c1)sc(=NC(=O)c1cc3cc([N+](=O)[O-])ccc3s1)n2CCSC. The minimum absolute atomic E-state index is 0.0161. The molecule has 4 aromatic rings. The number of carbonyl (C=O) groups excluding carboxylic acids is 1. The smallest absolute Gasteiger partial charge is 0.289 e. The normalized spacial score (nSPS) is 12.1. The Bertz CT molecular complexity index is 1330. The lowest BCUT2D eigenvalue weighted by Gasteiger charge is -2.04. The summed E-state index contributed by atoms with van der Waals surface area (Å²) in [6.45, 7) is 2.90. The molecule has 9 heteroatoms. The van der Waals surface area contributed by atoms with Gasteiger partial charge in [-0.15, -0.1) is 11.3 Å². The summed E-state index contributed by atoms with van der Waals surface area (Å²) in [7, 11) is 0. The highest BCUT2D eigenvalue weighted by atomic mass is 32.2. The molecule has 0 unspecified atom stereocenters. The molecule has 0 saturated heterocycles. The molecule has 1 amide bonds. The van der Waals surface area contributed by atoms with Crippen LogP contribution in [-0.4, -0.2) is 27.4 Å². The molecule has 0 bridgehead atoms. The summed E-state index contributed by atoms with van der Waals surface area (Å²) in [6.07, 6.45) is 3.01. The fourth-order valence-corrected chi connectivity index (χ4v) is 5.62. The van der Waals surface area contributed by atoms with Crippen molar-refractivity contribution in [3.05, 3.63) is 67.8 Å². The lowest BCUT2D eigenvalue weighted by molar-refractivity contribution is -0.384. The van der Waals surface area contributed by atoms with Gasteiger partial charge in [-0.1, -0.05) is 24.3 Å². The van der Waals surface area contributed by atoms with Gasteiger partial charge in [0.1, 0.15) is 0 Å². The zero-order valence-electron chi connectivity index (χ0n) is 16.5. The zero-order valence-corrected chi connectivity index (χ0v) is 18.9.